The zero-order valence-corrected chi connectivity index (χ0v) is 10.4. The lowest BCUT2D eigenvalue weighted by Gasteiger charge is -1.97. The minimum absolute atomic E-state index is 0.00559. The molecule has 0 atom stereocenters. The number of hydrogen-bond acceptors (Lipinski definition) is 2. The largest absolute Gasteiger partial charge is 0.228 e. The Balaban J connectivity index is 2.82. The van der Waals surface area contributed by atoms with E-state index >= 15 is 0 Å². The topological polar surface area (TPSA) is 17.8 Å². The highest BCUT2D eigenvalue weighted by Gasteiger charge is 2.11. The highest BCUT2D eigenvalue weighted by atomic mass is 79.9. The molecule has 1 aromatic carbocycles. The number of halogens is 4. The summed E-state index contributed by atoms with van der Waals surface area (Å²) in [6, 6.07) is 3.29. The van der Waals surface area contributed by atoms with Gasteiger partial charge in [0.2, 0.25) is 5.28 Å². The normalized spacial score (nSPS) is 11.1. The summed E-state index contributed by atoms with van der Waals surface area (Å²) in [4.78, 5) is 3.96. The van der Waals surface area contributed by atoms with Crippen LogP contribution in [0.1, 0.15) is 0 Å². The third-order valence-electron chi connectivity index (χ3n) is 1.69. The summed E-state index contributed by atoms with van der Waals surface area (Å²) in [5.74, 6) is 0. The second kappa shape index (κ2) is 3.89. The highest BCUT2D eigenvalue weighted by Crippen LogP contribution is 2.32. The van der Waals surface area contributed by atoms with Crippen molar-refractivity contribution < 1.29 is 3.89 Å². The predicted molar refractivity (Wildman–Crippen MR) is 61.6 cm³/mol. The van der Waals surface area contributed by atoms with Crippen LogP contribution in [-0.4, -0.2) is 8.96 Å². The van der Waals surface area contributed by atoms with Gasteiger partial charge in [0.15, 0.2) is 12.3 Å². The van der Waals surface area contributed by atoms with E-state index in [2.05, 4.69) is 20.9 Å². The Morgan fingerprint density at radius 1 is 1.43 bits per heavy atom. The van der Waals surface area contributed by atoms with Crippen LogP contribution >= 0.6 is 51.5 Å². The summed E-state index contributed by atoms with van der Waals surface area (Å²) in [5.41, 5.74) is 1.15. The molecule has 2 nitrogen and oxygen atoms in total. The van der Waals surface area contributed by atoms with Crippen molar-refractivity contribution in [2.75, 3.05) is 0 Å². The van der Waals surface area contributed by atoms with E-state index in [9.17, 15) is 3.89 Å². The van der Waals surface area contributed by atoms with Gasteiger partial charge in [-0.2, -0.15) is 0 Å². The first-order valence-corrected chi connectivity index (χ1v) is 5.68. The molecule has 2 aromatic rings. The molecule has 0 bridgehead atoms. The summed E-state index contributed by atoms with van der Waals surface area (Å²) >= 11 is 14.8. The van der Waals surface area contributed by atoms with Crippen LogP contribution < -0.4 is 0 Å². The van der Waals surface area contributed by atoms with Crippen LogP contribution in [0.3, 0.4) is 0 Å². The predicted octanol–water partition coefficient (Wildman–Crippen LogP) is 4.49. The molecular weight excluding hydrogens is 314 g/mol. The van der Waals surface area contributed by atoms with E-state index in [1.165, 1.54) is 0 Å². The second-order valence-electron chi connectivity index (χ2n) is 2.50. The Labute approximate surface area is 102 Å². The van der Waals surface area contributed by atoms with E-state index in [1.807, 2.05) is 0 Å². The van der Waals surface area contributed by atoms with Crippen molar-refractivity contribution in [3.63, 3.8) is 0 Å². The van der Waals surface area contributed by atoms with Crippen LogP contribution in [0.25, 0.3) is 11.0 Å². The molecule has 14 heavy (non-hydrogen) atoms. The molecule has 2 rings (SSSR count). The van der Waals surface area contributed by atoms with Crippen molar-refractivity contribution in [1.82, 2.24) is 8.96 Å². The zero-order valence-electron chi connectivity index (χ0n) is 6.47. The minimum Gasteiger partial charge on any atom is -0.228 e. The average Bonchev–Trinajstić information content (AvgIpc) is 2.42. The Hall–Kier alpha value is 0.0300. The maximum absolute atomic E-state index is 12.5. The van der Waals surface area contributed by atoms with Gasteiger partial charge in [0, 0.05) is 4.47 Å². The van der Waals surface area contributed by atoms with Gasteiger partial charge in [-0.05, 0) is 39.7 Å². The summed E-state index contributed by atoms with van der Waals surface area (Å²) in [6.45, 7) is 0. The standard InChI is InChI=1S/C7H2BrCl2FN2S/c8-3-1-5-6(2-4(3)9)13(14-11)7(10)12-5/h1-2H. The van der Waals surface area contributed by atoms with Gasteiger partial charge in [-0.3, -0.25) is 0 Å². The molecule has 0 aliphatic rings. The smallest absolute Gasteiger partial charge is 0.216 e. The maximum atomic E-state index is 12.5. The van der Waals surface area contributed by atoms with Gasteiger partial charge in [0.1, 0.15) is 0 Å². The summed E-state index contributed by atoms with van der Waals surface area (Å²) in [7, 11) is 0. The van der Waals surface area contributed by atoms with Gasteiger partial charge in [0.25, 0.3) is 0 Å². The number of nitrogens with zero attached hydrogens (tertiary/aromatic N) is 2. The fraction of sp³-hybridized carbons (Fsp3) is 0. The third-order valence-corrected chi connectivity index (χ3v) is 3.74. The van der Waals surface area contributed by atoms with Crippen molar-refractivity contribution in [3.8, 4) is 0 Å². The summed E-state index contributed by atoms with van der Waals surface area (Å²) in [6.07, 6.45) is 0. The first-order chi connectivity index (χ1) is 6.63. The number of aromatic nitrogens is 2. The molecule has 0 radical (unpaired) electrons. The molecule has 1 aromatic heterocycles. The highest BCUT2D eigenvalue weighted by molar-refractivity contribution is 9.10. The van der Waals surface area contributed by atoms with E-state index in [0.717, 1.165) is 3.97 Å². The summed E-state index contributed by atoms with van der Waals surface area (Å²) < 4.78 is 14.3. The molecule has 0 saturated carbocycles. The van der Waals surface area contributed by atoms with Gasteiger partial charge >= 0.3 is 0 Å². The molecular formula is C7H2BrCl2FN2S. The second-order valence-corrected chi connectivity index (χ2v) is 4.60. The number of benzene rings is 1. The molecule has 0 spiro atoms. The molecule has 1 heterocycles. The maximum Gasteiger partial charge on any atom is 0.216 e. The Morgan fingerprint density at radius 3 is 2.79 bits per heavy atom. The SMILES string of the molecule is FSn1c(Cl)nc2cc(Br)c(Cl)cc21. The van der Waals surface area contributed by atoms with Crippen LogP contribution in [0.5, 0.6) is 0 Å². The van der Waals surface area contributed by atoms with E-state index < -0.39 is 0 Å². The fourth-order valence-electron chi connectivity index (χ4n) is 1.09. The Morgan fingerprint density at radius 2 is 2.14 bits per heavy atom. The Kier molecular flexibility index (Phi) is 2.93. The first-order valence-electron chi connectivity index (χ1n) is 3.45. The lowest BCUT2D eigenvalue weighted by atomic mass is 10.3. The van der Waals surface area contributed by atoms with Gasteiger partial charge in [-0.1, -0.05) is 11.6 Å². The van der Waals surface area contributed by atoms with Crippen LogP contribution in [0, 0.1) is 0 Å². The number of imidazole rings is 1. The van der Waals surface area contributed by atoms with Crippen molar-refractivity contribution in [1.29, 1.82) is 0 Å². The van der Waals surface area contributed by atoms with Gasteiger partial charge in [-0.15, -0.1) is 3.89 Å². The summed E-state index contributed by atoms with van der Waals surface area (Å²) in [5, 5.41) is 0.575. The fourth-order valence-corrected chi connectivity index (χ4v) is 2.16. The molecule has 74 valence electrons. The molecule has 0 unspecified atom stereocenters. The van der Waals surface area contributed by atoms with E-state index in [1.54, 1.807) is 12.1 Å². The lowest BCUT2D eigenvalue weighted by molar-refractivity contribution is 0.919. The van der Waals surface area contributed by atoms with Crippen LogP contribution in [0.2, 0.25) is 10.3 Å². The van der Waals surface area contributed by atoms with Gasteiger partial charge in [-0.25, -0.2) is 8.96 Å². The number of rotatable bonds is 1. The van der Waals surface area contributed by atoms with Crippen LogP contribution in [0.15, 0.2) is 16.6 Å². The van der Waals surface area contributed by atoms with Gasteiger partial charge in [0.05, 0.1) is 16.1 Å². The molecule has 0 aliphatic heterocycles. The number of hydrogen-bond donors (Lipinski definition) is 0. The van der Waals surface area contributed by atoms with Crippen molar-refractivity contribution >= 4 is 62.5 Å². The quantitative estimate of drug-likeness (QED) is 0.772. The zero-order chi connectivity index (χ0) is 10.3. The van der Waals surface area contributed by atoms with E-state index in [-0.39, 0.29) is 17.6 Å². The average molecular weight is 316 g/mol. The minimum atomic E-state index is -0.00559. The third kappa shape index (κ3) is 1.62. The van der Waals surface area contributed by atoms with Crippen LogP contribution in [-0.2, 0) is 0 Å². The van der Waals surface area contributed by atoms with Crippen molar-refractivity contribution in [2.45, 2.75) is 0 Å². The Bertz CT molecular complexity index is 502. The lowest BCUT2D eigenvalue weighted by Crippen LogP contribution is -1.82. The van der Waals surface area contributed by atoms with E-state index in [0.29, 0.717) is 20.5 Å². The number of fused-ring (bicyclic) bond motifs is 1. The molecule has 0 saturated heterocycles. The first kappa shape index (κ1) is 10.5. The van der Waals surface area contributed by atoms with Crippen LogP contribution in [0.4, 0.5) is 3.89 Å². The van der Waals surface area contributed by atoms with E-state index in [4.69, 9.17) is 23.2 Å². The molecule has 0 fully saturated rings. The van der Waals surface area contributed by atoms with Gasteiger partial charge < -0.3 is 0 Å². The van der Waals surface area contributed by atoms with Crippen molar-refractivity contribution in [3.05, 3.63) is 26.9 Å². The molecule has 7 heteroatoms. The molecule has 0 aliphatic carbocycles. The molecule has 0 amide bonds. The van der Waals surface area contributed by atoms with Crippen molar-refractivity contribution in [2.24, 2.45) is 0 Å². The molecule has 0 N–H and O–H groups in total. The monoisotopic (exact) mass is 314 g/mol.